The zero-order valence-corrected chi connectivity index (χ0v) is 18.2. The molecule has 1 saturated heterocycles. The van der Waals surface area contributed by atoms with Gasteiger partial charge in [0.2, 0.25) is 5.13 Å². The zero-order chi connectivity index (χ0) is 21.1. The van der Waals surface area contributed by atoms with Crippen molar-refractivity contribution in [2.24, 2.45) is 0 Å². The van der Waals surface area contributed by atoms with Gasteiger partial charge in [0.1, 0.15) is 5.82 Å². The van der Waals surface area contributed by atoms with E-state index >= 15 is 0 Å². The van der Waals surface area contributed by atoms with Gasteiger partial charge in [-0.3, -0.25) is 9.69 Å². The molecule has 0 saturated carbocycles. The van der Waals surface area contributed by atoms with E-state index in [0.717, 1.165) is 37.4 Å². The molecule has 1 aliphatic heterocycles. The molecule has 0 bridgehead atoms. The molecule has 0 radical (unpaired) electrons. The van der Waals surface area contributed by atoms with Crippen molar-refractivity contribution in [3.8, 4) is 0 Å². The van der Waals surface area contributed by atoms with E-state index in [1.54, 1.807) is 29.8 Å². The van der Waals surface area contributed by atoms with E-state index in [4.69, 9.17) is 12.2 Å². The average molecular weight is 444 g/mol. The van der Waals surface area contributed by atoms with Crippen molar-refractivity contribution in [1.29, 1.82) is 0 Å². The Hall–Kier alpha value is -2.62. The summed E-state index contributed by atoms with van der Waals surface area (Å²) in [6.45, 7) is 5.71. The maximum atomic E-state index is 13.8. The first-order valence-corrected chi connectivity index (χ1v) is 10.9. The van der Waals surface area contributed by atoms with Crippen molar-refractivity contribution < 1.29 is 9.18 Å². The molecule has 3 aromatic rings. The topological polar surface area (TPSA) is 53.4 Å². The minimum Gasteiger partial charge on any atom is -0.369 e. The predicted octanol–water partition coefficient (Wildman–Crippen LogP) is 4.54. The Morgan fingerprint density at radius 2 is 1.83 bits per heavy atom. The van der Waals surface area contributed by atoms with Crippen LogP contribution in [0.25, 0.3) is 0 Å². The highest BCUT2D eigenvalue weighted by Crippen LogP contribution is 2.23. The van der Waals surface area contributed by atoms with E-state index in [2.05, 4.69) is 20.2 Å². The van der Waals surface area contributed by atoms with E-state index in [1.165, 1.54) is 17.4 Å². The molecule has 9 heteroatoms. The minimum atomic E-state index is -0.322. The van der Waals surface area contributed by atoms with Crippen molar-refractivity contribution in [2.75, 3.05) is 36.4 Å². The first-order chi connectivity index (χ1) is 14.5. The molecule has 156 valence electrons. The van der Waals surface area contributed by atoms with Crippen LogP contribution in [0.5, 0.6) is 0 Å². The Balaban J connectivity index is 1.35. The Bertz CT molecular complexity index is 1090. The van der Waals surface area contributed by atoms with E-state index in [0.29, 0.717) is 21.4 Å². The number of carbonyl (C=O) groups is 1. The van der Waals surface area contributed by atoms with E-state index < -0.39 is 0 Å². The molecule has 0 atom stereocenters. The molecule has 1 aliphatic rings. The summed E-state index contributed by atoms with van der Waals surface area (Å²) in [5, 5.41) is 8.09. The van der Waals surface area contributed by atoms with Crippen LogP contribution in [0.4, 0.5) is 20.9 Å². The van der Waals surface area contributed by atoms with Gasteiger partial charge in [-0.05, 0) is 55.5 Å². The number of nitrogens with zero attached hydrogens (tertiary/aromatic N) is 4. The monoisotopic (exact) mass is 443 g/mol. The van der Waals surface area contributed by atoms with Crippen LogP contribution in [0.1, 0.15) is 17.3 Å². The van der Waals surface area contributed by atoms with Gasteiger partial charge in [0.25, 0.3) is 0 Å². The maximum absolute atomic E-state index is 13.8. The largest absolute Gasteiger partial charge is 0.369 e. The number of para-hydroxylation sites is 1. The molecule has 0 unspecified atom stereocenters. The number of piperazine rings is 1. The number of ketones is 1. The number of hydrogen-bond donors (Lipinski definition) is 1. The summed E-state index contributed by atoms with van der Waals surface area (Å²) in [7, 11) is 0. The summed E-state index contributed by atoms with van der Waals surface area (Å²) in [4.78, 5) is 16.0. The summed E-state index contributed by atoms with van der Waals surface area (Å²) in [5.41, 5.74) is 2.24. The van der Waals surface area contributed by atoms with Gasteiger partial charge in [-0.1, -0.05) is 23.5 Å². The molecule has 1 fully saturated rings. The zero-order valence-electron chi connectivity index (χ0n) is 16.5. The van der Waals surface area contributed by atoms with Crippen molar-refractivity contribution in [2.45, 2.75) is 13.6 Å². The lowest BCUT2D eigenvalue weighted by Crippen LogP contribution is -2.46. The maximum Gasteiger partial charge on any atom is 0.209 e. The van der Waals surface area contributed by atoms with Crippen molar-refractivity contribution in [1.82, 2.24) is 14.7 Å². The Morgan fingerprint density at radius 1 is 1.13 bits per heavy atom. The van der Waals surface area contributed by atoms with Gasteiger partial charge >= 0.3 is 0 Å². The summed E-state index contributed by atoms with van der Waals surface area (Å²) < 4.78 is 16.3. The fraction of sp³-hybridized carbons (Fsp3) is 0.286. The third-order valence-electron chi connectivity index (χ3n) is 5.07. The van der Waals surface area contributed by atoms with Crippen LogP contribution in [-0.2, 0) is 6.67 Å². The molecular weight excluding hydrogens is 421 g/mol. The van der Waals surface area contributed by atoms with Gasteiger partial charge in [-0.15, -0.1) is 5.10 Å². The van der Waals surface area contributed by atoms with Crippen molar-refractivity contribution >= 4 is 45.8 Å². The molecule has 4 rings (SSSR count). The van der Waals surface area contributed by atoms with Crippen molar-refractivity contribution in [3.63, 3.8) is 0 Å². The number of Topliss-reactive ketones (excluding diaryl/α,β-unsaturated/α-hetero) is 1. The molecule has 6 nitrogen and oxygen atoms in total. The number of hydrogen-bond acceptors (Lipinski definition) is 7. The van der Waals surface area contributed by atoms with Crippen molar-refractivity contribution in [3.05, 3.63) is 63.9 Å². The van der Waals surface area contributed by atoms with E-state index in [1.807, 2.05) is 24.3 Å². The smallest absolute Gasteiger partial charge is 0.209 e. The van der Waals surface area contributed by atoms with Gasteiger partial charge in [0.05, 0.1) is 12.4 Å². The fourth-order valence-corrected chi connectivity index (χ4v) is 4.37. The summed E-state index contributed by atoms with van der Waals surface area (Å²) in [6.07, 6.45) is 0. The molecule has 2 heterocycles. The highest BCUT2D eigenvalue weighted by molar-refractivity contribution is 7.73. The highest BCUT2D eigenvalue weighted by atomic mass is 32.1. The number of rotatable bonds is 6. The molecule has 2 aromatic carbocycles. The van der Waals surface area contributed by atoms with Crippen LogP contribution >= 0.6 is 23.6 Å². The number of benzene rings is 2. The summed E-state index contributed by atoms with van der Waals surface area (Å²) in [6, 6.07) is 14.3. The highest BCUT2D eigenvalue weighted by Gasteiger charge is 2.18. The third kappa shape index (κ3) is 4.75. The molecular formula is C21H22FN5OS2. The van der Waals surface area contributed by atoms with Gasteiger partial charge in [0.15, 0.2) is 9.74 Å². The van der Waals surface area contributed by atoms with Crippen LogP contribution < -0.4 is 10.2 Å². The fourth-order valence-electron chi connectivity index (χ4n) is 3.37. The lowest BCUT2D eigenvalue weighted by atomic mass is 10.1. The first-order valence-electron chi connectivity index (χ1n) is 9.67. The van der Waals surface area contributed by atoms with Crippen LogP contribution in [-0.4, -0.2) is 46.6 Å². The Labute approximate surface area is 183 Å². The predicted molar refractivity (Wildman–Crippen MR) is 121 cm³/mol. The first kappa shape index (κ1) is 20.6. The molecule has 1 aromatic heterocycles. The second-order valence-electron chi connectivity index (χ2n) is 7.13. The number of carbonyl (C=O) groups excluding carboxylic acids is 1. The number of nitrogens with one attached hydrogen (secondary N) is 1. The number of halogens is 1. The second kappa shape index (κ2) is 9.03. The van der Waals surface area contributed by atoms with E-state index in [9.17, 15) is 9.18 Å². The van der Waals surface area contributed by atoms with Gasteiger partial charge in [0, 0.05) is 37.4 Å². The minimum absolute atomic E-state index is 0.0789. The van der Waals surface area contributed by atoms with Crippen LogP contribution in [0.3, 0.4) is 0 Å². The molecule has 1 N–H and O–H groups in total. The SMILES string of the molecule is CC(=O)c1ccc(N2CCN(Cn3nc(Nc4ccccc4F)sc3=S)CC2)cc1. The summed E-state index contributed by atoms with van der Waals surface area (Å²) in [5.74, 6) is -0.243. The lowest BCUT2D eigenvalue weighted by molar-refractivity contribution is 0.101. The van der Waals surface area contributed by atoms with Gasteiger partial charge in [-0.2, -0.15) is 0 Å². The van der Waals surface area contributed by atoms with Crippen LogP contribution in [0, 0.1) is 9.77 Å². The summed E-state index contributed by atoms with van der Waals surface area (Å²) >= 11 is 6.78. The molecule has 0 amide bonds. The van der Waals surface area contributed by atoms with Crippen LogP contribution in [0.15, 0.2) is 48.5 Å². The second-order valence-corrected chi connectivity index (χ2v) is 8.75. The average Bonchev–Trinajstić information content (AvgIpc) is 3.09. The molecule has 30 heavy (non-hydrogen) atoms. The third-order valence-corrected chi connectivity index (χ3v) is 6.29. The molecule has 0 aliphatic carbocycles. The molecule has 0 spiro atoms. The Kier molecular flexibility index (Phi) is 6.21. The Morgan fingerprint density at radius 3 is 2.50 bits per heavy atom. The quantitative estimate of drug-likeness (QED) is 0.446. The standard InChI is InChI=1S/C21H22FN5OS2/c1-15(28)16-6-8-17(9-7-16)26-12-10-25(11-13-26)14-27-21(29)30-20(24-27)23-19-5-3-2-4-18(19)22/h2-9H,10-14H2,1H3,(H,23,24). The van der Waals surface area contributed by atoms with E-state index in [-0.39, 0.29) is 11.6 Å². The normalized spacial score (nSPS) is 14.7. The number of anilines is 3. The van der Waals surface area contributed by atoms with Crippen LogP contribution in [0.2, 0.25) is 0 Å². The lowest BCUT2D eigenvalue weighted by Gasteiger charge is -2.35. The van der Waals surface area contributed by atoms with Gasteiger partial charge in [-0.25, -0.2) is 9.07 Å². The number of aromatic nitrogens is 2. The van der Waals surface area contributed by atoms with Gasteiger partial charge < -0.3 is 10.2 Å².